The van der Waals surface area contributed by atoms with E-state index in [1.54, 1.807) is 49.4 Å². The number of ether oxygens (including phenoxy) is 1. The van der Waals surface area contributed by atoms with Crippen molar-refractivity contribution in [3.05, 3.63) is 81.8 Å². The lowest BCUT2D eigenvalue weighted by atomic mass is 10.0. The van der Waals surface area contributed by atoms with Gasteiger partial charge in [-0.05, 0) is 55.1 Å². The number of fused-ring (bicyclic) bond motifs is 1. The summed E-state index contributed by atoms with van der Waals surface area (Å²) in [6.45, 7) is 3.76. The number of aryl methyl sites for hydroxylation is 1. The summed E-state index contributed by atoms with van der Waals surface area (Å²) in [7, 11) is -4.53. The third-order valence-electron chi connectivity index (χ3n) is 5.51. The fourth-order valence-electron chi connectivity index (χ4n) is 3.69. The lowest BCUT2D eigenvalue weighted by Crippen LogP contribution is -2.12. The van der Waals surface area contributed by atoms with Crippen LogP contribution in [0.5, 0.6) is 11.5 Å². The molecule has 1 amide bonds. The molecule has 38 heavy (non-hydrogen) atoms. The number of nitrogens with zero attached hydrogens (tertiary/aromatic N) is 2. The van der Waals surface area contributed by atoms with Crippen LogP contribution in [0.4, 0.5) is 17.1 Å². The minimum Gasteiger partial charge on any atom is -0.505 e. The summed E-state index contributed by atoms with van der Waals surface area (Å²) < 4.78 is 37.8. The molecule has 0 radical (unpaired) electrons. The molecule has 0 aliphatic rings. The van der Waals surface area contributed by atoms with Gasteiger partial charge in [-0.2, -0.15) is 13.5 Å². The van der Waals surface area contributed by atoms with Crippen molar-refractivity contribution in [1.82, 2.24) is 0 Å². The molecule has 196 valence electrons. The lowest BCUT2D eigenvalue weighted by Gasteiger charge is -2.12. The molecule has 0 saturated carbocycles. The molecule has 4 aromatic carbocycles. The number of hydrogen-bond donors (Lipinski definition) is 3. The van der Waals surface area contributed by atoms with Crippen LogP contribution in [0.2, 0.25) is 10.0 Å². The number of benzene rings is 4. The standard InChI is InChI=1S/C26H21Cl2N3O6S/c1-3-37-22-12-16(8-9-19(22)27)29-26(33)18-11-15-6-4-5-7-17(15)24(25(18)32)31-30-21-13-20(28)23(10-14(21)2)38(34,35)36/h4-13,32H,3H2,1-2H3,(H,29,33)(H,34,35,36). The first kappa shape index (κ1) is 27.3. The molecule has 0 fully saturated rings. The maximum Gasteiger partial charge on any atom is 0.296 e. The van der Waals surface area contributed by atoms with Crippen molar-refractivity contribution in [2.24, 2.45) is 10.2 Å². The fourth-order valence-corrected chi connectivity index (χ4v) is 4.94. The molecule has 4 rings (SSSR count). The number of phenolic OH excluding ortho intramolecular Hbond substituents is 1. The molecular weight excluding hydrogens is 553 g/mol. The van der Waals surface area contributed by atoms with E-state index in [1.165, 1.54) is 12.1 Å². The molecule has 0 aromatic heterocycles. The van der Waals surface area contributed by atoms with Crippen molar-refractivity contribution in [3.8, 4) is 11.5 Å². The smallest absolute Gasteiger partial charge is 0.296 e. The topological polar surface area (TPSA) is 138 Å². The van der Waals surface area contributed by atoms with E-state index in [1.807, 2.05) is 6.92 Å². The van der Waals surface area contributed by atoms with E-state index in [9.17, 15) is 22.9 Å². The van der Waals surface area contributed by atoms with Crippen LogP contribution in [0.15, 0.2) is 75.8 Å². The number of hydrogen-bond acceptors (Lipinski definition) is 7. The van der Waals surface area contributed by atoms with E-state index in [0.717, 1.165) is 6.07 Å². The van der Waals surface area contributed by atoms with Crippen LogP contribution in [-0.4, -0.2) is 30.6 Å². The maximum atomic E-state index is 13.2. The van der Waals surface area contributed by atoms with Gasteiger partial charge in [-0.15, -0.1) is 5.11 Å². The van der Waals surface area contributed by atoms with Crippen LogP contribution in [0.1, 0.15) is 22.8 Å². The number of amides is 1. The highest BCUT2D eigenvalue weighted by molar-refractivity contribution is 7.86. The number of anilines is 1. The average Bonchev–Trinajstić information content (AvgIpc) is 2.86. The molecule has 3 N–H and O–H groups in total. The van der Waals surface area contributed by atoms with Gasteiger partial charge >= 0.3 is 0 Å². The highest BCUT2D eigenvalue weighted by Crippen LogP contribution is 2.40. The molecule has 0 bridgehead atoms. The Morgan fingerprint density at radius 3 is 2.47 bits per heavy atom. The van der Waals surface area contributed by atoms with Gasteiger partial charge in [-0.3, -0.25) is 9.35 Å². The summed E-state index contributed by atoms with van der Waals surface area (Å²) >= 11 is 12.1. The van der Waals surface area contributed by atoms with Crippen molar-refractivity contribution >= 4 is 67.1 Å². The molecule has 0 saturated heterocycles. The van der Waals surface area contributed by atoms with E-state index in [-0.39, 0.29) is 22.0 Å². The highest BCUT2D eigenvalue weighted by atomic mass is 35.5. The second kappa shape index (κ2) is 11.0. The molecule has 4 aromatic rings. The number of halogens is 2. The Labute approximate surface area is 228 Å². The quantitative estimate of drug-likeness (QED) is 0.155. The lowest BCUT2D eigenvalue weighted by molar-refractivity contribution is 0.102. The number of rotatable bonds is 7. The summed E-state index contributed by atoms with van der Waals surface area (Å²) in [5.41, 5.74) is 0.931. The summed E-state index contributed by atoms with van der Waals surface area (Å²) in [5, 5.41) is 23.4. The van der Waals surface area contributed by atoms with Crippen molar-refractivity contribution in [1.29, 1.82) is 0 Å². The van der Waals surface area contributed by atoms with Gasteiger partial charge in [0.25, 0.3) is 16.0 Å². The second-order valence-corrected chi connectivity index (χ2v) is 10.3. The van der Waals surface area contributed by atoms with Gasteiger partial charge in [0.1, 0.15) is 16.3 Å². The van der Waals surface area contributed by atoms with E-state index < -0.39 is 26.7 Å². The van der Waals surface area contributed by atoms with Crippen molar-refractivity contribution in [2.75, 3.05) is 11.9 Å². The van der Waals surface area contributed by atoms with Gasteiger partial charge in [0.05, 0.1) is 27.9 Å². The van der Waals surface area contributed by atoms with Crippen LogP contribution >= 0.6 is 23.2 Å². The maximum absolute atomic E-state index is 13.2. The van der Waals surface area contributed by atoms with Gasteiger partial charge in [-0.1, -0.05) is 47.5 Å². The Kier molecular flexibility index (Phi) is 7.89. The Balaban J connectivity index is 1.76. The predicted octanol–water partition coefficient (Wildman–Crippen LogP) is 7.47. The first-order chi connectivity index (χ1) is 18.0. The Bertz CT molecular complexity index is 1710. The van der Waals surface area contributed by atoms with E-state index in [2.05, 4.69) is 15.5 Å². The number of carbonyl (C=O) groups is 1. The summed E-state index contributed by atoms with van der Waals surface area (Å²) in [4.78, 5) is 12.7. The molecule has 0 spiro atoms. The first-order valence-electron chi connectivity index (χ1n) is 11.2. The second-order valence-electron chi connectivity index (χ2n) is 8.12. The summed E-state index contributed by atoms with van der Waals surface area (Å²) in [6.07, 6.45) is 0. The third kappa shape index (κ3) is 5.73. The van der Waals surface area contributed by atoms with Crippen LogP contribution < -0.4 is 10.1 Å². The van der Waals surface area contributed by atoms with Crippen LogP contribution in [0.25, 0.3) is 10.8 Å². The average molecular weight is 574 g/mol. The normalized spacial score (nSPS) is 11.7. The van der Waals surface area contributed by atoms with Crippen molar-refractivity contribution in [2.45, 2.75) is 18.7 Å². The molecule has 0 unspecified atom stereocenters. The van der Waals surface area contributed by atoms with E-state index in [4.69, 9.17) is 27.9 Å². The van der Waals surface area contributed by atoms with Crippen molar-refractivity contribution < 1.29 is 27.6 Å². The number of carbonyl (C=O) groups excluding carboxylic acids is 1. The van der Waals surface area contributed by atoms with Gasteiger partial charge < -0.3 is 15.2 Å². The first-order valence-corrected chi connectivity index (χ1v) is 13.4. The monoisotopic (exact) mass is 573 g/mol. The minimum absolute atomic E-state index is 0.0220. The molecule has 12 heteroatoms. The summed E-state index contributed by atoms with van der Waals surface area (Å²) in [6, 6.07) is 15.7. The number of aromatic hydroxyl groups is 1. The summed E-state index contributed by atoms with van der Waals surface area (Å²) in [5.74, 6) is -0.619. The number of azo groups is 1. The van der Waals surface area contributed by atoms with Crippen molar-refractivity contribution in [3.63, 3.8) is 0 Å². The zero-order chi connectivity index (χ0) is 27.6. The van der Waals surface area contributed by atoms with Crippen LogP contribution in [0.3, 0.4) is 0 Å². The minimum atomic E-state index is -4.53. The Morgan fingerprint density at radius 1 is 1.03 bits per heavy atom. The fraction of sp³-hybridized carbons (Fsp3) is 0.115. The number of phenols is 1. The third-order valence-corrected chi connectivity index (χ3v) is 7.15. The number of nitrogens with one attached hydrogen (secondary N) is 1. The van der Waals surface area contributed by atoms with Crippen LogP contribution in [-0.2, 0) is 10.1 Å². The zero-order valence-corrected chi connectivity index (χ0v) is 22.4. The van der Waals surface area contributed by atoms with E-state index in [0.29, 0.717) is 39.4 Å². The highest BCUT2D eigenvalue weighted by Gasteiger charge is 2.20. The predicted molar refractivity (Wildman–Crippen MR) is 146 cm³/mol. The zero-order valence-electron chi connectivity index (χ0n) is 20.1. The molecule has 0 heterocycles. The Morgan fingerprint density at radius 2 is 1.76 bits per heavy atom. The SMILES string of the molecule is CCOc1cc(NC(=O)c2cc3ccccc3c(N=Nc3cc(Cl)c(S(=O)(=O)O)cc3C)c2O)ccc1Cl. The molecular formula is C26H21Cl2N3O6S. The van der Waals surface area contributed by atoms with Gasteiger partial charge in [0.2, 0.25) is 0 Å². The Hall–Kier alpha value is -3.70. The molecule has 0 aliphatic carbocycles. The van der Waals surface area contributed by atoms with Gasteiger partial charge in [0, 0.05) is 17.1 Å². The largest absolute Gasteiger partial charge is 0.505 e. The molecule has 9 nitrogen and oxygen atoms in total. The van der Waals surface area contributed by atoms with Crippen LogP contribution in [0, 0.1) is 6.92 Å². The van der Waals surface area contributed by atoms with Gasteiger partial charge in [0.15, 0.2) is 5.75 Å². The van der Waals surface area contributed by atoms with E-state index >= 15 is 0 Å². The van der Waals surface area contributed by atoms with Gasteiger partial charge in [-0.25, -0.2) is 0 Å². The molecule has 0 aliphatic heterocycles. The molecule has 0 atom stereocenters.